The molecule has 3 aromatic heterocycles. The van der Waals surface area contributed by atoms with Gasteiger partial charge >= 0.3 is 5.97 Å². The van der Waals surface area contributed by atoms with Gasteiger partial charge in [0.25, 0.3) is 11.5 Å². The molecule has 0 aromatic carbocycles. The molecule has 0 aliphatic carbocycles. The Morgan fingerprint density at radius 3 is 2.70 bits per heavy atom. The molecule has 0 radical (unpaired) electrons. The number of fused-ring (bicyclic) bond motifs is 1. The first kappa shape index (κ1) is 20.5. The Labute approximate surface area is 170 Å². The molecule has 0 aliphatic rings. The monoisotopic (exact) mass is 409 g/mol. The second-order valence-electron chi connectivity index (χ2n) is 6.62. The van der Waals surface area contributed by atoms with E-state index in [9.17, 15) is 19.5 Å². The highest BCUT2D eigenvalue weighted by Gasteiger charge is 2.21. The molecule has 0 saturated heterocycles. The summed E-state index contributed by atoms with van der Waals surface area (Å²) in [6, 6.07) is 8.83. The average molecular weight is 409 g/mol. The van der Waals surface area contributed by atoms with Crippen LogP contribution in [-0.4, -0.2) is 27.3 Å². The van der Waals surface area contributed by atoms with Gasteiger partial charge in [0.1, 0.15) is 0 Å². The second kappa shape index (κ2) is 8.86. The van der Waals surface area contributed by atoms with Crippen LogP contribution in [0.25, 0.3) is 5.52 Å². The third kappa shape index (κ3) is 4.98. The smallest absolute Gasteiger partial charge is 0.305 e. The van der Waals surface area contributed by atoms with E-state index in [0.29, 0.717) is 11.1 Å². The van der Waals surface area contributed by atoms with E-state index < -0.39 is 23.5 Å². The fraction of sp³-hybridized carbons (Fsp3) is 0.150. The van der Waals surface area contributed by atoms with Gasteiger partial charge in [0, 0.05) is 35.0 Å². The van der Waals surface area contributed by atoms with Crippen molar-refractivity contribution in [2.75, 3.05) is 0 Å². The second-order valence-corrected chi connectivity index (χ2v) is 6.62. The van der Waals surface area contributed by atoms with Crippen molar-refractivity contribution in [3.63, 3.8) is 0 Å². The number of carboxylic acid groups (broad SMARTS) is 1. The van der Waals surface area contributed by atoms with Crippen molar-refractivity contribution in [1.82, 2.24) is 9.72 Å². The van der Waals surface area contributed by atoms with E-state index in [0.717, 1.165) is 5.56 Å². The fourth-order valence-corrected chi connectivity index (χ4v) is 2.97. The number of nitrogens with one attached hydrogen (secondary N) is 2. The first-order valence-electron chi connectivity index (χ1n) is 9.03. The number of hydrogen-bond acceptors (Lipinski definition) is 4. The van der Waals surface area contributed by atoms with Gasteiger partial charge in [0.05, 0.1) is 19.0 Å². The molecule has 154 valence electrons. The van der Waals surface area contributed by atoms with Crippen molar-refractivity contribution >= 4 is 23.4 Å². The van der Waals surface area contributed by atoms with Crippen molar-refractivity contribution in [1.29, 1.82) is 0 Å². The van der Waals surface area contributed by atoms with Crippen molar-refractivity contribution in [2.45, 2.75) is 19.0 Å². The van der Waals surface area contributed by atoms with Crippen molar-refractivity contribution in [2.24, 2.45) is 16.5 Å². The first-order valence-corrected chi connectivity index (χ1v) is 9.03. The summed E-state index contributed by atoms with van der Waals surface area (Å²) in [7, 11) is 0. The number of guanidine groups is 1. The Balaban J connectivity index is 1.88. The molecule has 10 heteroatoms. The van der Waals surface area contributed by atoms with E-state index in [1.54, 1.807) is 48.9 Å². The zero-order chi connectivity index (χ0) is 21.7. The number of carboxylic acids is 1. The summed E-state index contributed by atoms with van der Waals surface area (Å²) in [6.07, 6.45) is 4.58. The maximum Gasteiger partial charge on any atom is 0.305 e. The summed E-state index contributed by atoms with van der Waals surface area (Å²) < 4.78 is 1.38. The molecule has 0 aliphatic heterocycles. The van der Waals surface area contributed by atoms with Gasteiger partial charge in [-0.05, 0) is 23.8 Å². The minimum atomic E-state index is -1.06. The summed E-state index contributed by atoms with van der Waals surface area (Å²) in [4.78, 5) is 43.3. The number of carbonyl (C=O) groups excluding carboxylic acids is 1. The van der Waals surface area contributed by atoms with Crippen LogP contribution in [0.1, 0.15) is 33.9 Å². The van der Waals surface area contributed by atoms with E-state index in [-0.39, 0.29) is 24.5 Å². The standard InChI is InChI=1S/C20H20N6O4/c21-20(22)24-9-12-3-4-15-6-14(7-17(27)26(15)11-12)19(30)25-16(8-18(28)29)13-2-1-5-23-10-13/h1-7,10-11,16H,8-9H2,(H,25,30)(H,28,29)(H4,21,22,24)/p+1. The van der Waals surface area contributed by atoms with Gasteiger partial charge in [-0.25, -0.2) is 9.98 Å². The molecule has 0 bridgehead atoms. The number of aromatic nitrogens is 2. The minimum absolute atomic E-state index is 0.0543. The highest BCUT2D eigenvalue weighted by molar-refractivity contribution is 5.95. The molecule has 0 spiro atoms. The third-order valence-electron chi connectivity index (χ3n) is 4.39. The number of carbonyl (C=O) groups is 2. The number of aliphatic carboxylic acids is 1. The fourth-order valence-electron chi connectivity index (χ4n) is 2.97. The van der Waals surface area contributed by atoms with Crippen LogP contribution >= 0.6 is 0 Å². The molecule has 3 aromatic rings. The maximum absolute atomic E-state index is 12.7. The predicted octanol–water partition coefficient (Wildman–Crippen LogP) is -0.167. The van der Waals surface area contributed by atoms with Crippen LogP contribution in [0.5, 0.6) is 0 Å². The van der Waals surface area contributed by atoms with E-state index in [1.807, 2.05) is 0 Å². The summed E-state index contributed by atoms with van der Waals surface area (Å²) >= 11 is 0. The zero-order valence-corrected chi connectivity index (χ0v) is 15.9. The van der Waals surface area contributed by atoms with Crippen LogP contribution in [0.4, 0.5) is 0 Å². The Morgan fingerprint density at radius 1 is 1.23 bits per heavy atom. The lowest BCUT2D eigenvalue weighted by molar-refractivity contribution is -0.378. The molecule has 1 atom stereocenters. The normalized spacial score (nSPS) is 11.6. The van der Waals surface area contributed by atoms with Crippen LogP contribution in [0.3, 0.4) is 0 Å². The molecule has 3 heterocycles. The van der Waals surface area contributed by atoms with Gasteiger partial charge in [-0.15, -0.1) is 0 Å². The topological polar surface area (TPSA) is 166 Å². The predicted molar refractivity (Wildman–Crippen MR) is 109 cm³/mol. The highest BCUT2D eigenvalue weighted by atomic mass is 16.4. The zero-order valence-electron chi connectivity index (χ0n) is 15.9. The Hall–Kier alpha value is -4.21. The lowest BCUT2D eigenvalue weighted by Gasteiger charge is -2.16. The maximum atomic E-state index is 12.7. The van der Waals surface area contributed by atoms with Gasteiger partial charge in [-0.3, -0.25) is 18.8 Å². The van der Waals surface area contributed by atoms with Crippen LogP contribution in [0.15, 0.2) is 64.8 Å². The molecule has 0 fully saturated rings. The third-order valence-corrected chi connectivity index (χ3v) is 4.39. The first-order chi connectivity index (χ1) is 14.3. The molecule has 7 N–H and O–H groups in total. The summed E-state index contributed by atoms with van der Waals surface area (Å²) in [5.41, 5.74) is 12.2. The Morgan fingerprint density at radius 2 is 2.03 bits per heavy atom. The van der Waals surface area contributed by atoms with Crippen molar-refractivity contribution < 1.29 is 19.7 Å². The number of amides is 1. The summed E-state index contributed by atoms with van der Waals surface area (Å²) in [6.45, 7) is 0.220. The number of aromatic amines is 1. The molecule has 1 unspecified atom stereocenters. The van der Waals surface area contributed by atoms with Crippen molar-refractivity contribution in [3.05, 3.63) is 82.0 Å². The van der Waals surface area contributed by atoms with Gasteiger partial charge in [-0.2, -0.15) is 0 Å². The summed E-state index contributed by atoms with van der Waals surface area (Å²) in [5, 5.41) is 11.9. The molecular formula is C20H21N6O4+. The number of H-pyrrole nitrogens is 1. The number of rotatable bonds is 7. The van der Waals surface area contributed by atoms with Crippen LogP contribution in [-0.2, 0) is 11.3 Å². The number of aliphatic imine (C=N–C) groups is 1. The molecule has 3 rings (SSSR count). The Kier molecular flexibility index (Phi) is 6.06. The van der Waals surface area contributed by atoms with Gasteiger partial charge in [-0.1, -0.05) is 6.07 Å². The van der Waals surface area contributed by atoms with E-state index in [1.165, 1.54) is 10.5 Å². The van der Waals surface area contributed by atoms with E-state index in [4.69, 9.17) is 11.5 Å². The van der Waals surface area contributed by atoms with Crippen molar-refractivity contribution in [3.8, 4) is 0 Å². The largest absolute Gasteiger partial charge is 0.481 e. The van der Waals surface area contributed by atoms with Crippen LogP contribution in [0.2, 0.25) is 0 Å². The van der Waals surface area contributed by atoms with Crippen LogP contribution in [0, 0.1) is 0 Å². The number of nitrogens with zero attached hydrogens (tertiary/aromatic N) is 2. The average Bonchev–Trinajstić information content (AvgIpc) is 2.72. The van der Waals surface area contributed by atoms with Crippen LogP contribution < -0.4 is 27.3 Å². The van der Waals surface area contributed by atoms with Gasteiger partial charge in [0.2, 0.25) is 0 Å². The molecule has 10 nitrogen and oxygen atoms in total. The Bertz CT molecular complexity index is 1170. The number of nitrogens with two attached hydrogens (primary N) is 2. The van der Waals surface area contributed by atoms with E-state index in [2.05, 4.69) is 15.3 Å². The SMILES string of the molecule is NC(N)=NCc1ccc2cc(C(=O)NC(CC(=O)O)c3ccc[nH+]c3)cc(=O)n2c1. The minimum Gasteiger partial charge on any atom is -0.481 e. The molecule has 1 amide bonds. The van der Waals surface area contributed by atoms with Gasteiger partial charge < -0.3 is 21.9 Å². The number of hydrogen-bond donors (Lipinski definition) is 4. The summed E-state index contributed by atoms with van der Waals surface area (Å²) in [5.74, 6) is -1.66. The quantitative estimate of drug-likeness (QED) is 0.312. The van der Waals surface area contributed by atoms with E-state index >= 15 is 0 Å². The molecule has 0 saturated carbocycles. The number of pyridine rings is 3. The molecule has 30 heavy (non-hydrogen) atoms. The lowest BCUT2D eigenvalue weighted by atomic mass is 10.1. The lowest BCUT2D eigenvalue weighted by Crippen LogP contribution is -2.31. The highest BCUT2D eigenvalue weighted by Crippen LogP contribution is 2.16. The molecular weight excluding hydrogens is 388 g/mol. The van der Waals surface area contributed by atoms with Gasteiger partial charge in [0.15, 0.2) is 18.4 Å².